The van der Waals surface area contributed by atoms with Crippen LogP contribution in [-0.2, 0) is 0 Å². The van der Waals surface area contributed by atoms with Gasteiger partial charge in [0.25, 0.3) is 0 Å². The zero-order valence-electron chi connectivity index (χ0n) is 5.11. The number of nitrogens with zero attached hydrogens (tertiary/aromatic N) is 3. The van der Waals surface area contributed by atoms with Crippen molar-refractivity contribution in [2.24, 2.45) is 0 Å². The minimum atomic E-state index is -0.466. The van der Waals surface area contributed by atoms with Gasteiger partial charge >= 0.3 is 5.82 Å². The van der Waals surface area contributed by atoms with Crippen molar-refractivity contribution in [3.05, 3.63) is 22.1 Å². The molecule has 0 fully saturated rings. The van der Waals surface area contributed by atoms with Gasteiger partial charge in [-0.2, -0.15) is 0 Å². The summed E-state index contributed by atoms with van der Waals surface area (Å²) < 4.78 is 1.40. The van der Waals surface area contributed by atoms with E-state index < -0.39 is 4.92 Å². The van der Waals surface area contributed by atoms with Crippen LogP contribution in [0.25, 0.3) is 0 Å². The average molecular weight is 253 g/mol. The van der Waals surface area contributed by atoms with Crippen molar-refractivity contribution in [2.75, 3.05) is 0 Å². The van der Waals surface area contributed by atoms with E-state index in [0.717, 1.165) is 0 Å². The smallest absolute Gasteiger partial charge is 0.351 e. The van der Waals surface area contributed by atoms with Crippen LogP contribution < -0.4 is 0 Å². The number of imidazole rings is 1. The first-order valence-corrected chi connectivity index (χ1v) is 3.44. The first kappa shape index (κ1) is 7.45. The van der Waals surface area contributed by atoms with Crippen molar-refractivity contribution in [3.63, 3.8) is 0 Å². The lowest BCUT2D eigenvalue weighted by molar-refractivity contribution is -0.389. The summed E-state index contributed by atoms with van der Waals surface area (Å²) in [7, 11) is 0. The molecule has 0 aromatic carbocycles. The Morgan fingerprint density at radius 1 is 1.90 bits per heavy atom. The number of rotatable bonds is 1. The molecule has 6 heteroatoms. The third-order valence-corrected chi connectivity index (χ3v) is 2.23. The maximum atomic E-state index is 10.2. The molecule has 0 spiro atoms. The van der Waals surface area contributed by atoms with E-state index in [-0.39, 0.29) is 5.82 Å². The summed E-state index contributed by atoms with van der Waals surface area (Å²) in [4.78, 5) is 13.5. The zero-order valence-corrected chi connectivity index (χ0v) is 7.27. The fourth-order valence-electron chi connectivity index (χ4n) is 0.537. The molecule has 0 aliphatic carbocycles. The van der Waals surface area contributed by atoms with Gasteiger partial charge in [-0.15, -0.1) is 2.78 Å². The Morgan fingerprint density at radius 2 is 2.50 bits per heavy atom. The second-order valence-corrected chi connectivity index (χ2v) is 2.67. The van der Waals surface area contributed by atoms with E-state index in [9.17, 15) is 10.1 Å². The monoisotopic (exact) mass is 253 g/mol. The molecule has 0 N–H and O–H groups in total. The third-order valence-electron chi connectivity index (χ3n) is 1.04. The standard InChI is InChI=1S/C4H4IN3O2/c1-3-6-2-4(7(3)5)8(9)10/h2H,1H3. The van der Waals surface area contributed by atoms with E-state index >= 15 is 0 Å². The minimum Gasteiger partial charge on any atom is -0.358 e. The fraction of sp³-hybridized carbons (Fsp3) is 0.250. The van der Waals surface area contributed by atoms with Gasteiger partial charge in [0.1, 0.15) is 6.20 Å². The summed E-state index contributed by atoms with van der Waals surface area (Å²) >= 11 is 1.83. The highest BCUT2D eigenvalue weighted by Gasteiger charge is 2.13. The highest BCUT2D eigenvalue weighted by atomic mass is 127. The molecule has 0 aliphatic rings. The van der Waals surface area contributed by atoms with Gasteiger partial charge in [-0.3, -0.25) is 0 Å². The van der Waals surface area contributed by atoms with Crippen LogP contribution in [0, 0.1) is 17.0 Å². The number of hydrogen-bond acceptors (Lipinski definition) is 3. The van der Waals surface area contributed by atoms with Crippen LogP contribution in [-0.4, -0.2) is 12.7 Å². The highest BCUT2D eigenvalue weighted by Crippen LogP contribution is 2.15. The maximum absolute atomic E-state index is 10.2. The van der Waals surface area contributed by atoms with Gasteiger partial charge < -0.3 is 10.1 Å². The van der Waals surface area contributed by atoms with Crippen molar-refractivity contribution in [1.82, 2.24) is 7.76 Å². The van der Waals surface area contributed by atoms with E-state index in [0.29, 0.717) is 5.82 Å². The quantitative estimate of drug-likeness (QED) is 0.430. The summed E-state index contributed by atoms with van der Waals surface area (Å²) in [5, 5.41) is 10.2. The van der Waals surface area contributed by atoms with Crippen molar-refractivity contribution < 1.29 is 4.92 Å². The first-order valence-electron chi connectivity index (χ1n) is 2.48. The lowest BCUT2D eigenvalue weighted by atomic mass is 10.7. The first-order chi connectivity index (χ1) is 4.63. The molecular formula is C4H4IN3O2. The predicted octanol–water partition coefficient (Wildman–Crippen LogP) is 1.30. The van der Waals surface area contributed by atoms with E-state index in [2.05, 4.69) is 4.98 Å². The SMILES string of the molecule is Cc1ncc([N+](=O)[O-])n1I. The molecule has 0 aliphatic heterocycles. The molecule has 0 saturated heterocycles. The lowest BCUT2D eigenvalue weighted by Crippen LogP contribution is -1.92. The van der Waals surface area contributed by atoms with E-state index in [4.69, 9.17) is 0 Å². The van der Waals surface area contributed by atoms with Crippen molar-refractivity contribution >= 4 is 28.7 Å². The average Bonchev–Trinajstić information content (AvgIpc) is 2.14. The van der Waals surface area contributed by atoms with Crippen molar-refractivity contribution in [3.8, 4) is 0 Å². The molecule has 0 amide bonds. The number of hydrogen-bond donors (Lipinski definition) is 0. The Hall–Kier alpha value is -0.660. The Labute approximate surface area is 70.7 Å². The summed E-state index contributed by atoms with van der Waals surface area (Å²) in [6.45, 7) is 1.71. The number of aryl methyl sites for hydroxylation is 1. The zero-order chi connectivity index (χ0) is 7.72. The number of aromatic nitrogens is 2. The van der Waals surface area contributed by atoms with Crippen LogP contribution in [0.4, 0.5) is 5.82 Å². The highest BCUT2D eigenvalue weighted by molar-refractivity contribution is 14.1. The third kappa shape index (κ3) is 1.11. The summed E-state index contributed by atoms with van der Waals surface area (Å²) in [6, 6.07) is 0. The van der Waals surface area contributed by atoms with Crippen LogP contribution in [0.2, 0.25) is 0 Å². The van der Waals surface area contributed by atoms with Crippen molar-refractivity contribution in [1.29, 1.82) is 0 Å². The van der Waals surface area contributed by atoms with Crippen LogP contribution in [0.3, 0.4) is 0 Å². The number of halogens is 1. The van der Waals surface area contributed by atoms with Crippen LogP contribution in [0.15, 0.2) is 6.20 Å². The maximum Gasteiger partial charge on any atom is 0.351 e. The Balaban J connectivity index is 3.17. The molecule has 1 aromatic rings. The molecule has 5 nitrogen and oxygen atoms in total. The molecule has 0 atom stereocenters. The number of nitro groups is 1. The lowest BCUT2D eigenvalue weighted by Gasteiger charge is -1.89. The molecule has 1 rings (SSSR count). The molecular weight excluding hydrogens is 249 g/mol. The minimum absolute atomic E-state index is 0.0121. The molecule has 54 valence electrons. The summed E-state index contributed by atoms with van der Waals surface area (Å²) in [5.41, 5.74) is 0. The second-order valence-electron chi connectivity index (χ2n) is 1.70. The van der Waals surface area contributed by atoms with Gasteiger partial charge in [-0.1, -0.05) is 0 Å². The van der Waals surface area contributed by atoms with E-state index in [1.54, 1.807) is 6.92 Å². The van der Waals surface area contributed by atoms with Gasteiger partial charge in [0.05, 0.1) is 0 Å². The summed E-state index contributed by atoms with van der Waals surface area (Å²) in [6.07, 6.45) is 1.24. The van der Waals surface area contributed by atoms with Gasteiger partial charge in [-0.05, 0) is 4.92 Å². The van der Waals surface area contributed by atoms with Gasteiger partial charge in [0.2, 0.25) is 28.7 Å². The molecule has 1 heterocycles. The van der Waals surface area contributed by atoms with Gasteiger partial charge in [0, 0.05) is 6.92 Å². The fourth-order valence-corrected chi connectivity index (χ4v) is 0.962. The van der Waals surface area contributed by atoms with Gasteiger partial charge in [-0.25, -0.2) is 4.98 Å². The second kappa shape index (κ2) is 2.52. The Morgan fingerprint density at radius 3 is 2.70 bits per heavy atom. The topological polar surface area (TPSA) is 61.0 Å². The molecule has 10 heavy (non-hydrogen) atoms. The molecule has 0 bridgehead atoms. The Bertz CT molecular complexity index is 269. The molecule has 0 saturated carbocycles. The van der Waals surface area contributed by atoms with Crippen LogP contribution >= 0.6 is 22.9 Å². The van der Waals surface area contributed by atoms with E-state index in [1.165, 1.54) is 8.98 Å². The Kier molecular flexibility index (Phi) is 1.88. The summed E-state index contributed by atoms with van der Waals surface area (Å²) in [5.74, 6) is 0.644. The van der Waals surface area contributed by atoms with Crippen LogP contribution in [0.1, 0.15) is 5.82 Å². The molecule has 0 radical (unpaired) electrons. The van der Waals surface area contributed by atoms with Gasteiger partial charge in [0.15, 0.2) is 0 Å². The van der Waals surface area contributed by atoms with E-state index in [1.807, 2.05) is 22.9 Å². The largest absolute Gasteiger partial charge is 0.358 e. The molecule has 0 unspecified atom stereocenters. The van der Waals surface area contributed by atoms with Crippen LogP contribution in [0.5, 0.6) is 0 Å². The van der Waals surface area contributed by atoms with Crippen molar-refractivity contribution in [2.45, 2.75) is 6.92 Å². The molecule has 1 aromatic heterocycles. The predicted molar refractivity (Wildman–Crippen MR) is 43.0 cm³/mol. The normalized spacial score (nSPS) is 9.80.